The zero-order chi connectivity index (χ0) is 13.1. The first-order valence-corrected chi connectivity index (χ1v) is 8.63. The fourth-order valence-corrected chi connectivity index (χ4v) is 6.67. The molecule has 0 amide bonds. The maximum absolute atomic E-state index is 13.4. The van der Waals surface area contributed by atoms with E-state index in [4.69, 9.17) is 9.47 Å². The van der Waals surface area contributed by atoms with Crippen LogP contribution >= 0.6 is 0 Å². The first-order chi connectivity index (χ1) is 9.78. The summed E-state index contributed by atoms with van der Waals surface area (Å²) < 4.78 is 11.7. The molecule has 2 heterocycles. The van der Waals surface area contributed by atoms with E-state index in [0.29, 0.717) is 48.0 Å². The number of Topliss-reactive ketones (excluding diaryl/α,β-unsaturated/α-hetero) is 1. The fraction of sp³-hybridized carbons (Fsp3) is 0.941. The van der Waals surface area contributed by atoms with Crippen LogP contribution in [-0.2, 0) is 14.3 Å². The Hall–Kier alpha value is -0.410. The second-order valence-electron chi connectivity index (χ2n) is 8.31. The zero-order valence-corrected chi connectivity index (χ0v) is 11.8. The van der Waals surface area contributed by atoms with Crippen molar-refractivity contribution in [2.45, 2.75) is 69.4 Å². The van der Waals surface area contributed by atoms with Gasteiger partial charge in [-0.2, -0.15) is 0 Å². The van der Waals surface area contributed by atoms with Crippen LogP contribution in [0.2, 0.25) is 0 Å². The molecule has 1 spiro atoms. The van der Waals surface area contributed by atoms with Gasteiger partial charge in [-0.3, -0.25) is 4.79 Å². The van der Waals surface area contributed by atoms with Gasteiger partial charge in [0.2, 0.25) is 0 Å². The summed E-state index contributed by atoms with van der Waals surface area (Å²) in [6.45, 7) is 0. The molecule has 20 heavy (non-hydrogen) atoms. The van der Waals surface area contributed by atoms with Crippen LogP contribution < -0.4 is 0 Å². The van der Waals surface area contributed by atoms with Gasteiger partial charge in [-0.15, -0.1) is 0 Å². The van der Waals surface area contributed by atoms with E-state index in [2.05, 4.69) is 0 Å². The van der Waals surface area contributed by atoms with Crippen molar-refractivity contribution in [1.29, 1.82) is 0 Å². The molecule has 6 fully saturated rings. The molecule has 4 aliphatic carbocycles. The van der Waals surface area contributed by atoms with Gasteiger partial charge in [0.15, 0.2) is 0 Å². The Balaban J connectivity index is 1.41. The molecule has 9 atom stereocenters. The summed E-state index contributed by atoms with van der Waals surface area (Å²) in [7, 11) is 0. The highest BCUT2D eigenvalue weighted by molar-refractivity contribution is 5.89. The highest BCUT2D eigenvalue weighted by atomic mass is 16.6. The van der Waals surface area contributed by atoms with E-state index in [9.17, 15) is 4.79 Å². The molecule has 0 aromatic rings. The van der Waals surface area contributed by atoms with Crippen molar-refractivity contribution in [2.24, 2.45) is 29.1 Å². The highest BCUT2D eigenvalue weighted by Gasteiger charge is 2.72. The average molecular weight is 274 g/mol. The fourth-order valence-electron chi connectivity index (χ4n) is 6.67. The van der Waals surface area contributed by atoms with E-state index in [1.54, 1.807) is 0 Å². The van der Waals surface area contributed by atoms with Crippen molar-refractivity contribution in [2.75, 3.05) is 0 Å². The second kappa shape index (κ2) is 3.33. The summed E-state index contributed by atoms with van der Waals surface area (Å²) in [6, 6.07) is 0. The number of hydrogen-bond donors (Lipinski definition) is 0. The molecule has 4 bridgehead atoms. The number of carbonyl (C=O) groups excluding carboxylic acids is 1. The van der Waals surface area contributed by atoms with Crippen LogP contribution in [0.3, 0.4) is 0 Å². The monoisotopic (exact) mass is 274 g/mol. The van der Waals surface area contributed by atoms with Gasteiger partial charge in [0.25, 0.3) is 0 Å². The van der Waals surface area contributed by atoms with Gasteiger partial charge in [0, 0.05) is 17.3 Å². The van der Waals surface area contributed by atoms with Crippen LogP contribution in [0.4, 0.5) is 0 Å². The lowest BCUT2D eigenvalue weighted by molar-refractivity contribution is -0.137. The zero-order valence-electron chi connectivity index (χ0n) is 11.8. The number of ketones is 1. The topological polar surface area (TPSA) is 42.1 Å². The third-order valence-electron chi connectivity index (χ3n) is 7.57. The van der Waals surface area contributed by atoms with Gasteiger partial charge < -0.3 is 9.47 Å². The molecule has 0 aromatic carbocycles. The number of carbonyl (C=O) groups is 1. The van der Waals surface area contributed by atoms with Crippen LogP contribution in [0, 0.1) is 29.1 Å². The standard InChI is InChI=1S/C17H22O3/c18-16-10-5-8(12-14(10)19-12)3-1-2-4-17(16)7-9-6-11(17)15-13(9)20-15/h8-15H,1-7H2. The second-order valence-corrected chi connectivity index (χ2v) is 8.31. The quantitative estimate of drug-likeness (QED) is 0.637. The van der Waals surface area contributed by atoms with E-state index in [-0.39, 0.29) is 11.3 Å². The number of ether oxygens (including phenoxy) is 2. The minimum Gasteiger partial charge on any atom is -0.369 e. The lowest BCUT2D eigenvalue weighted by atomic mass is 9.64. The number of epoxide rings is 2. The molecule has 3 nitrogen and oxygen atoms in total. The molecule has 6 aliphatic rings. The first kappa shape index (κ1) is 11.2. The lowest BCUT2D eigenvalue weighted by Crippen LogP contribution is -2.43. The van der Waals surface area contributed by atoms with Gasteiger partial charge in [-0.1, -0.05) is 12.8 Å². The Morgan fingerprint density at radius 1 is 0.950 bits per heavy atom. The molecule has 0 radical (unpaired) electrons. The third-order valence-corrected chi connectivity index (χ3v) is 7.57. The maximum atomic E-state index is 13.4. The van der Waals surface area contributed by atoms with E-state index in [0.717, 1.165) is 19.3 Å². The Morgan fingerprint density at radius 3 is 2.65 bits per heavy atom. The lowest BCUT2D eigenvalue weighted by Gasteiger charge is -2.37. The van der Waals surface area contributed by atoms with E-state index in [1.165, 1.54) is 25.7 Å². The molecule has 4 saturated carbocycles. The van der Waals surface area contributed by atoms with Crippen molar-refractivity contribution in [3.8, 4) is 0 Å². The van der Waals surface area contributed by atoms with Crippen molar-refractivity contribution >= 4 is 5.78 Å². The molecule has 6 rings (SSSR count). The molecule has 3 heteroatoms. The summed E-state index contributed by atoms with van der Waals surface area (Å²) in [5.41, 5.74) is -0.0112. The summed E-state index contributed by atoms with van der Waals surface area (Å²) in [5, 5.41) is 0. The van der Waals surface area contributed by atoms with Crippen LogP contribution in [0.15, 0.2) is 0 Å². The van der Waals surface area contributed by atoms with Gasteiger partial charge >= 0.3 is 0 Å². The summed E-state index contributed by atoms with van der Waals surface area (Å²) in [5.74, 6) is 2.77. The Labute approximate surface area is 119 Å². The van der Waals surface area contributed by atoms with Crippen molar-refractivity contribution < 1.29 is 14.3 Å². The van der Waals surface area contributed by atoms with Gasteiger partial charge in [-0.25, -0.2) is 0 Å². The normalized spacial score (nSPS) is 65.5. The van der Waals surface area contributed by atoms with Gasteiger partial charge in [0.1, 0.15) is 5.78 Å². The van der Waals surface area contributed by atoms with Crippen LogP contribution in [0.1, 0.15) is 44.9 Å². The Kier molecular flexibility index (Phi) is 1.86. The molecule has 9 unspecified atom stereocenters. The molecule has 2 saturated heterocycles. The van der Waals surface area contributed by atoms with Gasteiger partial charge in [0.05, 0.1) is 24.4 Å². The maximum Gasteiger partial charge on any atom is 0.145 e. The number of hydrogen-bond acceptors (Lipinski definition) is 3. The molecule has 108 valence electrons. The van der Waals surface area contributed by atoms with Crippen molar-refractivity contribution in [3.63, 3.8) is 0 Å². The summed E-state index contributed by atoms with van der Waals surface area (Å²) in [6.07, 6.45) is 10.2. The molecule has 0 N–H and O–H groups in total. The molecular formula is C17H22O3. The first-order valence-electron chi connectivity index (χ1n) is 8.63. The summed E-state index contributed by atoms with van der Waals surface area (Å²) in [4.78, 5) is 13.4. The van der Waals surface area contributed by atoms with Crippen molar-refractivity contribution in [1.82, 2.24) is 0 Å². The minimum atomic E-state index is -0.0112. The SMILES string of the molecule is O=C1C2CC(CCCCC13CC1CC3C3OC13)C1OC21. The average Bonchev–Trinajstić information content (AvgIpc) is 3.33. The van der Waals surface area contributed by atoms with Crippen LogP contribution in [-0.4, -0.2) is 30.2 Å². The van der Waals surface area contributed by atoms with E-state index >= 15 is 0 Å². The van der Waals surface area contributed by atoms with Gasteiger partial charge in [-0.05, 0) is 43.9 Å². The van der Waals surface area contributed by atoms with E-state index < -0.39 is 0 Å². The molecule has 0 aromatic heterocycles. The summed E-state index contributed by atoms with van der Waals surface area (Å²) >= 11 is 0. The van der Waals surface area contributed by atoms with Crippen LogP contribution in [0.25, 0.3) is 0 Å². The highest BCUT2D eigenvalue weighted by Crippen LogP contribution is 2.68. The van der Waals surface area contributed by atoms with Crippen LogP contribution in [0.5, 0.6) is 0 Å². The molecular weight excluding hydrogens is 252 g/mol. The number of rotatable bonds is 0. The van der Waals surface area contributed by atoms with Crippen molar-refractivity contribution in [3.05, 3.63) is 0 Å². The Morgan fingerprint density at radius 2 is 1.80 bits per heavy atom. The van der Waals surface area contributed by atoms with E-state index in [1.807, 2.05) is 0 Å². The largest absolute Gasteiger partial charge is 0.369 e. The predicted octanol–water partition coefficient (Wildman–Crippen LogP) is 2.33. The smallest absolute Gasteiger partial charge is 0.145 e. The Bertz CT molecular complexity index is 502. The minimum absolute atomic E-state index is 0.0112. The molecule has 2 aliphatic heterocycles. The third kappa shape index (κ3) is 1.16. The predicted molar refractivity (Wildman–Crippen MR) is 71.0 cm³/mol. The number of fused-ring (bicyclic) bond motifs is 11.